The van der Waals surface area contributed by atoms with Gasteiger partial charge in [0.05, 0.1) is 41.8 Å². The molecule has 0 radical (unpaired) electrons. The maximum absolute atomic E-state index is 14.2. The van der Waals surface area contributed by atoms with Gasteiger partial charge >= 0.3 is 36.2 Å². The van der Waals surface area contributed by atoms with Crippen LogP contribution in [0.5, 0.6) is 0 Å². The Morgan fingerprint density at radius 1 is 0.449 bits per heavy atom. The lowest BCUT2D eigenvalue weighted by molar-refractivity contribution is -0.173. The van der Waals surface area contributed by atoms with E-state index in [1.54, 1.807) is 99.0 Å². The Labute approximate surface area is 704 Å². The first kappa shape index (κ1) is 103. The Kier molecular flexibility index (Phi) is 37.5. The van der Waals surface area contributed by atoms with E-state index in [1.807, 2.05) is 148 Å². The molecule has 27 atom stereocenters. The molecule has 0 unspecified atom stereocenters. The van der Waals surface area contributed by atoms with E-state index in [2.05, 4.69) is 23.8 Å². The van der Waals surface area contributed by atoms with Crippen LogP contribution in [0.4, 0.5) is 14.4 Å². The van der Waals surface area contributed by atoms with Crippen LogP contribution in [0.25, 0.3) is 11.2 Å². The number of esters is 3. The van der Waals surface area contributed by atoms with Crippen molar-refractivity contribution in [3.63, 3.8) is 0 Å². The van der Waals surface area contributed by atoms with Gasteiger partial charge in [-0.25, -0.2) is 35.2 Å². The SMILES string of the molecule is CC.CC.CC.CC[C@H]1OC(=O)[C@H](C)C(=O)[C@H](C)[C@@H](C)[C@](C)(OC)C[C@@H](C)C(=O)[C@H](C)[C@H]2N(CCCCn3cnc4cccnc43)C(=O)O[C@]12C.CC[C@H]1OC(=O)[C@H](C)C(=O)[C@H](C)[C@@H](C)[C@](C)(OC)C[C@@H](C)C(=O)[C@H](C)[C@H]2N(N)C(=O)O[C@]12C.CC[C@H]1OC(=O)[C@H](C)C(=O)[C@H](C)[C@@H](C)[C@](C)(OC)C[C@@H](C)C2=NCCN3C(=O)O[C@@]1(C)[C@H]3[C@H]2C. The molecular weight excluding hydrogens is 1510 g/mol. The van der Waals surface area contributed by atoms with Gasteiger partial charge in [-0.1, -0.05) is 145 Å². The van der Waals surface area contributed by atoms with Crippen LogP contribution in [-0.4, -0.2) is 211 Å². The first-order valence-electron chi connectivity index (χ1n) is 43.7. The molecular formula is C90H150N8O20. The highest BCUT2D eigenvalue weighted by molar-refractivity contribution is 6.01. The number of aryl methyl sites for hydroxylation is 1. The van der Waals surface area contributed by atoms with Crippen molar-refractivity contribution in [3.8, 4) is 0 Å². The molecule has 28 heteroatoms. The number of nitrogens with two attached hydrogens (primary N) is 1. The molecule has 7 aliphatic heterocycles. The molecule has 670 valence electrons. The highest BCUT2D eigenvalue weighted by Crippen LogP contribution is 2.48. The summed E-state index contributed by atoms with van der Waals surface area (Å²) < 4.78 is 55.2. The van der Waals surface area contributed by atoms with E-state index in [4.69, 9.17) is 53.5 Å². The molecule has 7 aliphatic rings. The number of fused-ring (bicyclic) bond motifs is 4. The van der Waals surface area contributed by atoms with E-state index in [1.165, 1.54) is 6.92 Å². The van der Waals surface area contributed by atoms with Crippen LogP contribution in [0.3, 0.4) is 0 Å². The fraction of sp³-hybridized carbons (Fsp3) is 0.800. The number of hydrogen-bond acceptors (Lipinski definition) is 24. The number of methoxy groups -OCH3 is 3. The number of aromatic nitrogens is 3. The third kappa shape index (κ3) is 21.1. The number of carbonyl (C=O) groups is 11. The van der Waals surface area contributed by atoms with Crippen LogP contribution in [0.2, 0.25) is 0 Å². The Balaban J connectivity index is 0.000000366. The average Bonchev–Trinajstić information content (AvgIpc) is 1.59. The fourth-order valence-corrected chi connectivity index (χ4v) is 19.6. The second kappa shape index (κ2) is 43.0. The zero-order valence-corrected chi connectivity index (χ0v) is 77.8. The number of imidazole rings is 1. The van der Waals surface area contributed by atoms with Gasteiger partial charge in [0.25, 0.3) is 0 Å². The van der Waals surface area contributed by atoms with Crippen LogP contribution < -0.4 is 5.84 Å². The van der Waals surface area contributed by atoms with Crippen LogP contribution in [0.1, 0.15) is 259 Å². The molecule has 2 N–H and O–H groups in total. The first-order chi connectivity index (χ1) is 55.2. The van der Waals surface area contributed by atoms with E-state index >= 15 is 0 Å². The van der Waals surface area contributed by atoms with Gasteiger partial charge in [0.15, 0.2) is 22.5 Å². The van der Waals surface area contributed by atoms with Gasteiger partial charge in [-0.3, -0.25) is 48.2 Å². The minimum absolute atomic E-state index is 0.0356. The van der Waals surface area contributed by atoms with E-state index in [0.717, 1.165) is 28.3 Å². The largest absolute Gasteiger partial charge is 0.458 e. The highest BCUT2D eigenvalue weighted by atomic mass is 16.6. The topological polar surface area (TPSA) is 350 Å². The quantitative estimate of drug-likeness (QED) is 0.0545. The van der Waals surface area contributed by atoms with Crippen molar-refractivity contribution in [3.05, 3.63) is 24.7 Å². The summed E-state index contributed by atoms with van der Waals surface area (Å²) in [5.74, 6) is -3.96. The van der Waals surface area contributed by atoms with Crippen LogP contribution >= 0.6 is 0 Å². The summed E-state index contributed by atoms with van der Waals surface area (Å²) in [5.41, 5.74) is -3.29. The number of rotatable bonds is 11. The highest BCUT2D eigenvalue weighted by Gasteiger charge is 2.64. The normalized spacial score (nSPS) is 38.5. The molecule has 3 amide bonds. The van der Waals surface area contributed by atoms with Crippen molar-refractivity contribution >= 4 is 82.0 Å². The number of hydrogen-bond donors (Lipinski definition) is 1. The summed E-state index contributed by atoms with van der Waals surface area (Å²) >= 11 is 0. The van der Waals surface area contributed by atoms with Gasteiger partial charge in [0, 0.05) is 100 Å². The van der Waals surface area contributed by atoms with Gasteiger partial charge < -0.3 is 52.1 Å². The molecule has 6 fully saturated rings. The number of aliphatic imine (C=N–C) groups is 1. The van der Waals surface area contributed by atoms with Gasteiger partial charge in [-0.15, -0.1) is 0 Å². The molecule has 2 aromatic heterocycles. The lowest BCUT2D eigenvalue weighted by Gasteiger charge is -2.43. The number of hydrazine groups is 1. The molecule has 9 rings (SSSR count). The second-order valence-electron chi connectivity index (χ2n) is 34.7. The maximum Gasteiger partial charge on any atom is 0.425 e. The summed E-state index contributed by atoms with van der Waals surface area (Å²) in [6.45, 7) is 58.0. The van der Waals surface area contributed by atoms with Crippen LogP contribution in [-0.2, 0) is 87.5 Å². The van der Waals surface area contributed by atoms with E-state index in [9.17, 15) is 52.7 Å². The molecule has 28 nitrogen and oxygen atoms in total. The summed E-state index contributed by atoms with van der Waals surface area (Å²) in [5, 5.41) is 0.923. The van der Waals surface area contributed by atoms with Crippen molar-refractivity contribution in [1.82, 2.24) is 29.3 Å². The van der Waals surface area contributed by atoms with Crippen molar-refractivity contribution in [2.24, 2.45) is 99.6 Å². The van der Waals surface area contributed by atoms with Gasteiger partial charge in [0.1, 0.15) is 76.5 Å². The number of cyclic esters (lactones) is 3. The average molecular weight is 1660 g/mol. The molecule has 2 aromatic rings. The molecule has 0 saturated carbocycles. The number of amides is 3. The lowest BCUT2D eigenvalue weighted by Crippen LogP contribution is -2.59. The fourth-order valence-electron chi connectivity index (χ4n) is 19.6. The zero-order valence-electron chi connectivity index (χ0n) is 77.8. The van der Waals surface area contributed by atoms with Crippen LogP contribution in [0.15, 0.2) is 29.6 Å². The van der Waals surface area contributed by atoms with Gasteiger partial charge in [0.2, 0.25) is 0 Å². The first-order valence-corrected chi connectivity index (χ1v) is 43.7. The van der Waals surface area contributed by atoms with Crippen molar-refractivity contribution in [1.29, 1.82) is 0 Å². The third-order valence-corrected chi connectivity index (χ3v) is 27.8. The Morgan fingerprint density at radius 2 is 0.814 bits per heavy atom. The third-order valence-electron chi connectivity index (χ3n) is 27.8. The standard InChI is InChI=1S/C34H50N4O7.C26H42N2O6.C24H40N2O7.3C2H6/c1-10-26-34(8)29(38(32(42)45-34)17-12-11-16-37-19-36-25-14-13-15-35-30(25)37)22(4)27(39)20(2)18-33(7,43-9)24(6)21(3)28(40)23(5)31(41)44-26;1-10-19-26(8)22-16(4)20(27-11-12-28(22)24(31)34-26)14(2)13-25(7,32-9)18(6)15(3)21(29)17(5)23(30)33-19;1-10-17-24(8)20(26(25)22(30)33-24)14(4)18(27)12(2)11-23(7,31-9)16(6)13(3)19(28)15(5)21(29)32-17;3*1-2/h13-15,19-24,26,29H,10-12,16-18H2,1-9H3;14-19,22H,10-13H2,1-9H3;12-17,20H,10-11,25H2,1-9H3;3*1-2H3/t20-,21-,22+,23-,24-,26-,29-,33-,34-;14-,15-,16+,17-,18-,19-,22-,25-,26-;12-,13-,14+,15-,16-,17-,20-,23-,24-;;;/m111.../s1. The lowest BCUT2D eigenvalue weighted by atomic mass is 9.70. The number of ether oxygens (including phenoxy) is 9. The zero-order chi connectivity index (χ0) is 90.3. The summed E-state index contributed by atoms with van der Waals surface area (Å²) in [7, 11) is 4.82. The van der Waals surface area contributed by atoms with Crippen molar-refractivity contribution in [2.45, 2.75) is 336 Å². The second-order valence-corrected chi connectivity index (χ2v) is 34.7. The Morgan fingerprint density at radius 3 is 1.22 bits per heavy atom. The molecule has 0 spiro atoms. The number of carbonyl (C=O) groups excluding carboxylic acids is 11. The van der Waals surface area contributed by atoms with Gasteiger partial charge in [-0.05, 0) is 149 Å². The van der Waals surface area contributed by atoms with Crippen LogP contribution in [0, 0.1) is 88.8 Å². The van der Waals surface area contributed by atoms with Gasteiger partial charge in [-0.2, -0.15) is 0 Å². The Bertz CT molecular complexity index is 3810. The number of nitrogens with zero attached hydrogens (tertiary/aromatic N) is 7. The maximum atomic E-state index is 14.2. The number of pyridine rings is 1. The van der Waals surface area contributed by atoms with Crippen molar-refractivity contribution < 1.29 is 95.4 Å². The molecule has 9 heterocycles. The summed E-state index contributed by atoms with van der Waals surface area (Å²) in [6, 6.07) is 1.89. The molecule has 0 aromatic carbocycles. The van der Waals surface area contributed by atoms with Crippen molar-refractivity contribution in [2.75, 3.05) is 41.0 Å². The summed E-state index contributed by atoms with van der Waals surface area (Å²) in [4.78, 5) is 164. The number of ketones is 5. The predicted octanol–water partition coefficient (Wildman–Crippen LogP) is 15.1. The summed E-state index contributed by atoms with van der Waals surface area (Å²) in [6.07, 6.45) is 3.25. The van der Waals surface area contributed by atoms with E-state index in [-0.39, 0.29) is 64.5 Å². The minimum atomic E-state index is -1.36. The van der Waals surface area contributed by atoms with E-state index < -0.39 is 159 Å². The smallest absolute Gasteiger partial charge is 0.425 e. The van der Waals surface area contributed by atoms with E-state index in [0.29, 0.717) is 71.1 Å². The molecule has 6 saturated heterocycles. The Hall–Kier alpha value is -7.30. The minimum Gasteiger partial charge on any atom is -0.458 e. The molecule has 118 heavy (non-hydrogen) atoms. The molecule has 2 bridgehead atoms. The predicted molar refractivity (Wildman–Crippen MR) is 452 cm³/mol. The number of Topliss-reactive ketones (excluding diaryl/α,β-unsaturated/α-hetero) is 5. The monoisotopic (exact) mass is 1660 g/mol. The molecule has 0 aliphatic carbocycles. The number of unbranched alkanes of at least 4 members (excludes halogenated alkanes) is 1.